The molecule has 0 radical (unpaired) electrons. The number of carbonyl (C=O) groups is 1. The van der Waals surface area contributed by atoms with Crippen LogP contribution < -0.4 is 0 Å². The van der Waals surface area contributed by atoms with Crippen molar-refractivity contribution >= 4 is 14.0 Å². The van der Waals surface area contributed by atoms with Crippen molar-refractivity contribution < 1.29 is 19.4 Å². The molecule has 24 heavy (non-hydrogen) atoms. The van der Waals surface area contributed by atoms with Crippen LogP contribution in [0.15, 0.2) is 0 Å². The van der Waals surface area contributed by atoms with Crippen LogP contribution in [-0.2, 0) is 14.3 Å². The predicted octanol–water partition coefficient (Wildman–Crippen LogP) is 3.64. The van der Waals surface area contributed by atoms with Crippen LogP contribution in [0.1, 0.15) is 60.8 Å². The maximum Gasteiger partial charge on any atom is 0.308 e. The van der Waals surface area contributed by atoms with E-state index in [4.69, 9.17) is 9.47 Å². The highest BCUT2D eigenvalue weighted by Crippen LogP contribution is 2.41. The highest BCUT2D eigenvalue weighted by molar-refractivity contribution is 6.90. The van der Waals surface area contributed by atoms with Gasteiger partial charge in [0.1, 0.15) is 13.7 Å². The number of rotatable bonds is 3. The lowest BCUT2D eigenvalue weighted by atomic mass is 9.85. The number of esters is 1. The number of hydrogen-bond donors (Lipinski definition) is 1. The van der Waals surface area contributed by atoms with Crippen LogP contribution in [0, 0.1) is 17.4 Å². The van der Waals surface area contributed by atoms with Crippen LogP contribution in [0.3, 0.4) is 0 Å². The Bertz CT molecular complexity index is 509. The van der Waals surface area contributed by atoms with E-state index in [1.807, 2.05) is 0 Å². The van der Waals surface area contributed by atoms with Crippen molar-refractivity contribution in [3.05, 3.63) is 0 Å². The number of hydrogen-bond acceptors (Lipinski definition) is 4. The van der Waals surface area contributed by atoms with Crippen LogP contribution in [0.25, 0.3) is 0 Å². The first-order valence-corrected chi connectivity index (χ1v) is 11.4. The summed E-state index contributed by atoms with van der Waals surface area (Å²) in [6.45, 7) is 13.7. The molecule has 2 aliphatic heterocycles. The Labute approximate surface area is 147 Å². The van der Waals surface area contributed by atoms with Gasteiger partial charge in [-0.05, 0) is 29.5 Å². The van der Waals surface area contributed by atoms with Gasteiger partial charge in [0.25, 0.3) is 0 Å². The molecule has 5 heteroatoms. The minimum atomic E-state index is -1.88. The Morgan fingerprint density at radius 2 is 1.75 bits per heavy atom. The van der Waals surface area contributed by atoms with Crippen molar-refractivity contribution in [2.24, 2.45) is 5.92 Å². The Morgan fingerprint density at radius 1 is 1.17 bits per heavy atom. The fourth-order valence-corrected chi connectivity index (χ4v) is 9.87. The summed E-state index contributed by atoms with van der Waals surface area (Å²) in [5.41, 5.74) is 4.06. The maximum absolute atomic E-state index is 11.4. The van der Waals surface area contributed by atoms with E-state index < -0.39 is 20.0 Å². The normalized spacial score (nSPS) is 30.8. The number of carbonyl (C=O) groups excluding carboxylic acids is 1. The summed E-state index contributed by atoms with van der Waals surface area (Å²) in [4.78, 5) is 11.4. The van der Waals surface area contributed by atoms with E-state index in [2.05, 4.69) is 53.0 Å². The van der Waals surface area contributed by atoms with Gasteiger partial charge in [-0.2, -0.15) is 0 Å². The molecule has 0 aromatic heterocycles. The molecule has 0 spiro atoms. The molecule has 2 heterocycles. The summed E-state index contributed by atoms with van der Waals surface area (Å²) >= 11 is 0. The molecule has 0 unspecified atom stereocenters. The summed E-state index contributed by atoms with van der Waals surface area (Å²) < 4.78 is 10.9. The van der Waals surface area contributed by atoms with Crippen LogP contribution >= 0.6 is 0 Å². The average Bonchev–Trinajstić information content (AvgIpc) is 2.47. The van der Waals surface area contributed by atoms with E-state index >= 15 is 0 Å². The summed E-state index contributed by atoms with van der Waals surface area (Å²) in [5.74, 6) is 3.06. The molecular weight excluding hydrogens is 320 g/mol. The molecule has 0 aromatic rings. The number of ether oxygens (including phenoxy) is 2. The molecule has 136 valence electrons. The fourth-order valence-electron chi connectivity index (χ4n) is 4.55. The van der Waals surface area contributed by atoms with Crippen molar-refractivity contribution in [3.8, 4) is 11.5 Å². The molecule has 2 fully saturated rings. The Morgan fingerprint density at radius 3 is 2.29 bits per heavy atom. The Hall–Kier alpha value is -0.833. The third-order valence-corrected chi connectivity index (χ3v) is 12.1. The molecule has 0 aliphatic carbocycles. The lowest BCUT2D eigenvalue weighted by molar-refractivity contribution is -0.239. The zero-order chi connectivity index (χ0) is 18.1. The molecule has 4 nitrogen and oxygen atoms in total. The highest BCUT2D eigenvalue weighted by Gasteiger charge is 2.45. The standard InChI is InChI=1S/C19H32O4Si/c1-13(2)24(14(3)4,15(5)6)10-9-19(21)11-16-7-8-17(20)23-18(16)22-12-19/h13-16,18,21H,7-8,11-12H2,1-6H3/t16-,18-,19+/m1/s1. The van der Waals surface area contributed by atoms with Gasteiger partial charge >= 0.3 is 5.97 Å². The monoisotopic (exact) mass is 352 g/mol. The Balaban J connectivity index is 2.23. The fraction of sp³-hybridized carbons (Fsp3) is 0.842. The van der Waals surface area contributed by atoms with Gasteiger partial charge in [0, 0.05) is 12.3 Å². The molecule has 0 amide bonds. The molecule has 3 atom stereocenters. The van der Waals surface area contributed by atoms with Crippen LogP contribution in [0.4, 0.5) is 0 Å². The van der Waals surface area contributed by atoms with Crippen molar-refractivity contribution in [1.82, 2.24) is 0 Å². The summed E-state index contributed by atoms with van der Waals surface area (Å²) in [7, 11) is -1.88. The zero-order valence-corrected chi connectivity index (χ0v) is 16.9. The zero-order valence-electron chi connectivity index (χ0n) is 15.9. The minimum Gasteiger partial charge on any atom is -0.435 e. The summed E-state index contributed by atoms with van der Waals surface area (Å²) in [6, 6.07) is 0. The van der Waals surface area contributed by atoms with Crippen molar-refractivity contribution in [2.75, 3.05) is 6.61 Å². The molecule has 1 N–H and O–H groups in total. The predicted molar refractivity (Wildman–Crippen MR) is 96.9 cm³/mol. The second-order valence-corrected chi connectivity index (χ2v) is 13.9. The van der Waals surface area contributed by atoms with Gasteiger partial charge in [0.15, 0.2) is 0 Å². The first-order chi connectivity index (χ1) is 11.1. The topological polar surface area (TPSA) is 55.8 Å². The molecular formula is C19H32O4Si. The summed E-state index contributed by atoms with van der Waals surface area (Å²) in [6.07, 6.45) is 1.12. The van der Waals surface area contributed by atoms with Crippen molar-refractivity contribution in [1.29, 1.82) is 0 Å². The van der Waals surface area contributed by atoms with Gasteiger partial charge in [0.2, 0.25) is 6.29 Å². The van der Waals surface area contributed by atoms with E-state index in [0.717, 1.165) is 0 Å². The van der Waals surface area contributed by atoms with Crippen molar-refractivity contribution in [3.63, 3.8) is 0 Å². The molecule has 2 saturated heterocycles. The van der Waals surface area contributed by atoms with E-state index in [9.17, 15) is 9.90 Å². The molecule has 0 saturated carbocycles. The van der Waals surface area contributed by atoms with Crippen LogP contribution in [0.2, 0.25) is 16.6 Å². The van der Waals surface area contributed by atoms with E-state index in [1.54, 1.807) is 0 Å². The van der Waals surface area contributed by atoms with Gasteiger partial charge in [-0.1, -0.05) is 47.5 Å². The second kappa shape index (κ2) is 7.19. The second-order valence-electron chi connectivity index (χ2n) is 8.35. The van der Waals surface area contributed by atoms with Crippen molar-refractivity contribution in [2.45, 2.75) is 89.3 Å². The number of aliphatic hydroxyl groups is 1. The first kappa shape index (κ1) is 19.5. The smallest absolute Gasteiger partial charge is 0.308 e. The van der Waals surface area contributed by atoms with Gasteiger partial charge in [-0.25, -0.2) is 0 Å². The van der Waals surface area contributed by atoms with E-state index in [-0.39, 0.29) is 18.5 Å². The molecule has 2 aliphatic rings. The molecule has 2 rings (SSSR count). The van der Waals surface area contributed by atoms with Gasteiger partial charge < -0.3 is 14.6 Å². The Kier molecular flexibility index (Phi) is 5.84. The van der Waals surface area contributed by atoms with Gasteiger partial charge in [0.05, 0.1) is 6.61 Å². The largest absolute Gasteiger partial charge is 0.435 e. The molecule has 0 aromatic carbocycles. The lowest BCUT2D eigenvalue weighted by Gasteiger charge is -2.41. The average molecular weight is 353 g/mol. The third kappa shape index (κ3) is 3.71. The quantitative estimate of drug-likeness (QED) is 0.479. The van der Waals surface area contributed by atoms with Crippen LogP contribution in [0.5, 0.6) is 0 Å². The SMILES string of the molecule is CC(C)[Si](C#C[C@@]1(O)CO[C@@H]2OC(=O)CC[C@@H]2C1)(C(C)C)C(C)C. The van der Waals surface area contributed by atoms with E-state index in [1.165, 1.54) is 0 Å². The van der Waals surface area contributed by atoms with E-state index in [0.29, 0.717) is 35.9 Å². The minimum absolute atomic E-state index is 0.0453. The van der Waals surface area contributed by atoms with Gasteiger partial charge in [-0.3, -0.25) is 4.79 Å². The molecule has 0 bridgehead atoms. The first-order valence-electron chi connectivity index (χ1n) is 9.18. The third-order valence-electron chi connectivity index (χ3n) is 5.82. The number of fused-ring (bicyclic) bond motifs is 1. The lowest BCUT2D eigenvalue weighted by Crippen LogP contribution is -2.50. The maximum atomic E-state index is 11.4. The highest BCUT2D eigenvalue weighted by atomic mass is 28.3. The van der Waals surface area contributed by atoms with Gasteiger partial charge in [-0.15, -0.1) is 5.54 Å². The summed E-state index contributed by atoms with van der Waals surface area (Å²) in [5, 5.41) is 11.0. The van der Waals surface area contributed by atoms with Crippen LogP contribution in [-0.4, -0.2) is 37.6 Å².